The quantitative estimate of drug-likeness (QED) is 0.357. The van der Waals surface area contributed by atoms with Crippen molar-refractivity contribution in [3.63, 3.8) is 0 Å². The number of rotatable bonds is 5. The second-order valence-corrected chi connectivity index (χ2v) is 8.86. The Morgan fingerprint density at radius 1 is 1.21 bits per heavy atom. The lowest BCUT2D eigenvalue weighted by Gasteiger charge is -2.26. The number of aliphatic hydroxyl groups excluding tert-OH is 1. The molecule has 0 bridgehead atoms. The number of Topliss-reactive ketones (excluding diaryl/α,β-unsaturated/α-hetero) is 1. The molecule has 0 aliphatic carbocycles. The molecule has 0 spiro atoms. The van der Waals surface area contributed by atoms with E-state index in [0.29, 0.717) is 25.3 Å². The van der Waals surface area contributed by atoms with Gasteiger partial charge in [0.05, 0.1) is 18.2 Å². The Morgan fingerprint density at radius 2 is 2.03 bits per heavy atom. The SMILES string of the molecule is CN(C)CCN1C(=O)C(=O)/C(=C(/O)c2ccc3c(c2)CCCO3)C1c1c[nH]c2ccccc12. The number of likely N-dealkylation sites (tertiary alicyclic amines) is 1. The van der Waals surface area contributed by atoms with Gasteiger partial charge in [-0.25, -0.2) is 0 Å². The first-order valence-corrected chi connectivity index (χ1v) is 11.2. The van der Waals surface area contributed by atoms with Crippen LogP contribution in [0.5, 0.6) is 5.75 Å². The summed E-state index contributed by atoms with van der Waals surface area (Å²) < 4.78 is 5.69. The van der Waals surface area contributed by atoms with E-state index in [1.807, 2.05) is 61.6 Å². The van der Waals surface area contributed by atoms with E-state index in [4.69, 9.17) is 4.74 Å². The third-order valence-electron chi connectivity index (χ3n) is 6.43. The van der Waals surface area contributed by atoms with Crippen LogP contribution in [0.4, 0.5) is 0 Å². The molecular formula is C26H27N3O4. The van der Waals surface area contributed by atoms with Gasteiger partial charge in [0.25, 0.3) is 11.7 Å². The maximum absolute atomic E-state index is 13.2. The van der Waals surface area contributed by atoms with E-state index in [1.54, 1.807) is 11.0 Å². The molecule has 1 aromatic heterocycles. The third-order valence-corrected chi connectivity index (χ3v) is 6.43. The van der Waals surface area contributed by atoms with Gasteiger partial charge in [0.1, 0.15) is 11.5 Å². The van der Waals surface area contributed by atoms with Gasteiger partial charge in [-0.15, -0.1) is 0 Å². The Labute approximate surface area is 192 Å². The van der Waals surface area contributed by atoms with Crippen LogP contribution in [0.25, 0.3) is 16.7 Å². The zero-order valence-corrected chi connectivity index (χ0v) is 18.8. The summed E-state index contributed by atoms with van der Waals surface area (Å²) in [5.74, 6) is -0.591. The molecule has 1 amide bonds. The molecule has 1 unspecified atom stereocenters. The first kappa shape index (κ1) is 21.3. The predicted molar refractivity (Wildman–Crippen MR) is 126 cm³/mol. The van der Waals surface area contributed by atoms with Crippen molar-refractivity contribution in [2.45, 2.75) is 18.9 Å². The summed E-state index contributed by atoms with van der Waals surface area (Å²) in [5, 5.41) is 12.3. The number of aromatic amines is 1. The zero-order valence-electron chi connectivity index (χ0n) is 18.8. The third kappa shape index (κ3) is 3.68. The van der Waals surface area contributed by atoms with Crippen molar-refractivity contribution in [1.82, 2.24) is 14.8 Å². The molecule has 1 saturated heterocycles. The van der Waals surface area contributed by atoms with Crippen LogP contribution < -0.4 is 4.74 Å². The summed E-state index contributed by atoms with van der Waals surface area (Å²) in [7, 11) is 3.85. The number of aromatic nitrogens is 1. The number of likely N-dealkylation sites (N-methyl/N-ethyl adjacent to an activating group) is 1. The molecule has 0 saturated carbocycles. The zero-order chi connectivity index (χ0) is 23.1. The fraction of sp³-hybridized carbons (Fsp3) is 0.308. The van der Waals surface area contributed by atoms with Crippen LogP contribution in [0.15, 0.2) is 54.2 Å². The average molecular weight is 446 g/mol. The Kier molecular flexibility index (Phi) is 5.42. The normalized spacial score (nSPS) is 19.8. The highest BCUT2D eigenvalue weighted by atomic mass is 16.5. The van der Waals surface area contributed by atoms with Gasteiger partial charge in [-0.2, -0.15) is 0 Å². The Morgan fingerprint density at radius 3 is 2.85 bits per heavy atom. The summed E-state index contributed by atoms with van der Waals surface area (Å²) in [4.78, 5) is 33.2. The standard InChI is InChI=1S/C26H27N3O4/c1-28(2)11-12-29-23(19-15-27-20-8-4-3-7-18(19)20)22(25(31)26(29)32)24(30)17-9-10-21-16(14-17)6-5-13-33-21/h3-4,7-10,14-15,23,27,30H,5-6,11-13H2,1-2H3/b24-22+. The summed E-state index contributed by atoms with van der Waals surface area (Å²) in [6, 6.07) is 12.5. The number of H-pyrrole nitrogens is 1. The van der Waals surface area contributed by atoms with Crippen molar-refractivity contribution in [2.24, 2.45) is 0 Å². The summed E-state index contributed by atoms with van der Waals surface area (Å²) in [5.41, 5.74) is 3.36. The number of hydrogen-bond donors (Lipinski definition) is 2. The van der Waals surface area contributed by atoms with E-state index in [2.05, 4.69) is 4.98 Å². The summed E-state index contributed by atoms with van der Waals surface area (Å²) in [6.07, 6.45) is 3.58. The number of nitrogens with zero attached hydrogens (tertiary/aromatic N) is 2. The van der Waals surface area contributed by atoms with E-state index < -0.39 is 17.7 Å². The molecule has 2 aromatic carbocycles. The molecule has 5 rings (SSSR count). The van der Waals surface area contributed by atoms with Gasteiger partial charge in [-0.3, -0.25) is 9.59 Å². The molecule has 7 nitrogen and oxygen atoms in total. The van der Waals surface area contributed by atoms with Crippen molar-refractivity contribution in [3.8, 4) is 5.75 Å². The number of ether oxygens (including phenoxy) is 1. The fourth-order valence-electron chi connectivity index (χ4n) is 4.73. The van der Waals surface area contributed by atoms with Crippen molar-refractivity contribution in [3.05, 3.63) is 70.9 Å². The topological polar surface area (TPSA) is 85.9 Å². The Hall–Kier alpha value is -3.58. The summed E-state index contributed by atoms with van der Waals surface area (Å²) >= 11 is 0. The van der Waals surface area contributed by atoms with Gasteiger partial charge in [-0.1, -0.05) is 18.2 Å². The van der Waals surface area contributed by atoms with Crippen LogP contribution >= 0.6 is 0 Å². The van der Waals surface area contributed by atoms with E-state index in [0.717, 1.165) is 40.6 Å². The first-order valence-electron chi connectivity index (χ1n) is 11.2. The molecule has 2 aliphatic rings. The van der Waals surface area contributed by atoms with Gasteiger partial charge in [0, 0.05) is 41.3 Å². The molecular weight excluding hydrogens is 418 g/mol. The van der Waals surface area contributed by atoms with Crippen LogP contribution in [-0.4, -0.2) is 65.4 Å². The van der Waals surface area contributed by atoms with Gasteiger partial charge in [0.15, 0.2) is 0 Å². The molecule has 2 aliphatic heterocycles. The number of para-hydroxylation sites is 1. The van der Waals surface area contributed by atoms with Gasteiger partial charge in [-0.05, 0) is 56.8 Å². The maximum Gasteiger partial charge on any atom is 0.295 e. The monoisotopic (exact) mass is 445 g/mol. The largest absolute Gasteiger partial charge is 0.507 e. The van der Waals surface area contributed by atoms with Crippen LogP contribution in [0.2, 0.25) is 0 Å². The molecule has 2 N–H and O–H groups in total. The van der Waals surface area contributed by atoms with E-state index in [9.17, 15) is 14.7 Å². The van der Waals surface area contributed by atoms with Crippen molar-refractivity contribution in [2.75, 3.05) is 33.8 Å². The van der Waals surface area contributed by atoms with Crippen LogP contribution in [-0.2, 0) is 16.0 Å². The molecule has 0 radical (unpaired) electrons. The van der Waals surface area contributed by atoms with E-state index >= 15 is 0 Å². The molecule has 7 heteroatoms. The highest BCUT2D eigenvalue weighted by Gasteiger charge is 2.46. The Balaban J connectivity index is 1.66. The predicted octanol–water partition coefficient (Wildman–Crippen LogP) is 3.48. The second kappa shape index (κ2) is 8.41. The number of nitrogens with one attached hydrogen (secondary N) is 1. The molecule has 33 heavy (non-hydrogen) atoms. The highest BCUT2D eigenvalue weighted by molar-refractivity contribution is 6.46. The highest BCUT2D eigenvalue weighted by Crippen LogP contribution is 2.42. The lowest BCUT2D eigenvalue weighted by Crippen LogP contribution is -2.35. The van der Waals surface area contributed by atoms with Crippen molar-refractivity contribution in [1.29, 1.82) is 0 Å². The average Bonchev–Trinajstić information content (AvgIpc) is 3.35. The first-order chi connectivity index (χ1) is 16.0. The van der Waals surface area contributed by atoms with Gasteiger partial charge in [0.2, 0.25) is 0 Å². The molecule has 3 aromatic rings. The van der Waals surface area contributed by atoms with Crippen LogP contribution in [0.3, 0.4) is 0 Å². The minimum Gasteiger partial charge on any atom is -0.507 e. The Bertz CT molecular complexity index is 1270. The lowest BCUT2D eigenvalue weighted by atomic mass is 9.93. The smallest absolute Gasteiger partial charge is 0.295 e. The number of hydrogen-bond acceptors (Lipinski definition) is 5. The number of fused-ring (bicyclic) bond motifs is 2. The number of amides is 1. The fourth-order valence-corrected chi connectivity index (χ4v) is 4.73. The number of aryl methyl sites for hydroxylation is 1. The number of carbonyl (C=O) groups is 2. The molecule has 1 atom stereocenters. The minimum atomic E-state index is -0.673. The molecule has 3 heterocycles. The maximum atomic E-state index is 13.2. The number of carbonyl (C=O) groups excluding carboxylic acids is 2. The molecule has 1 fully saturated rings. The lowest BCUT2D eigenvalue weighted by molar-refractivity contribution is -0.140. The van der Waals surface area contributed by atoms with Crippen molar-refractivity contribution >= 4 is 28.4 Å². The van der Waals surface area contributed by atoms with Gasteiger partial charge >= 0.3 is 0 Å². The number of benzene rings is 2. The van der Waals surface area contributed by atoms with Crippen molar-refractivity contribution < 1.29 is 19.4 Å². The molecule has 170 valence electrons. The van der Waals surface area contributed by atoms with E-state index in [-0.39, 0.29) is 11.3 Å². The van der Waals surface area contributed by atoms with Crippen LogP contribution in [0, 0.1) is 0 Å². The number of ketones is 1. The number of aliphatic hydroxyl groups is 1. The second-order valence-electron chi connectivity index (χ2n) is 8.86. The van der Waals surface area contributed by atoms with E-state index in [1.165, 1.54) is 0 Å². The minimum absolute atomic E-state index is 0.125. The van der Waals surface area contributed by atoms with Crippen LogP contribution in [0.1, 0.15) is 29.2 Å². The van der Waals surface area contributed by atoms with Gasteiger partial charge < -0.3 is 24.6 Å². The summed E-state index contributed by atoms with van der Waals surface area (Å²) in [6.45, 7) is 1.65.